The van der Waals surface area contributed by atoms with Crippen LogP contribution in [-0.2, 0) is 22.3 Å². The molecule has 0 saturated heterocycles. The Bertz CT molecular complexity index is 221. The van der Waals surface area contributed by atoms with Gasteiger partial charge < -0.3 is 70.3 Å². The maximum Gasteiger partial charge on any atom is 3.00 e. The molecule has 0 aromatic heterocycles. The molecule has 0 unspecified atom stereocenters. The maximum atomic E-state index is 8.52. The van der Waals surface area contributed by atoms with Gasteiger partial charge in [-0.15, -0.1) is 0 Å². The molecule has 0 radical (unpaired) electrons. The topological polar surface area (TPSA) is 316 Å². The van der Waals surface area contributed by atoms with E-state index in [9.17, 15) is 0 Å². The number of hydrogen-bond acceptors (Lipinski definition) is 15. The summed E-state index contributed by atoms with van der Waals surface area (Å²) in [5.74, 6) is 0. The van der Waals surface area contributed by atoms with Crippen LogP contribution in [0.1, 0.15) is 0 Å². The molecule has 0 atom stereocenters. The van der Waals surface area contributed by atoms with Crippen LogP contribution in [0.3, 0.4) is 0 Å². The number of hydrogen-bond donors (Lipinski definition) is 0. The molecule has 0 aliphatic heterocycles. The first-order chi connectivity index (χ1) is 8.66. The first kappa shape index (κ1) is 56.5. The molecule has 15 nitrogen and oxygen atoms in total. The molecule has 0 spiro atoms. The van der Waals surface area contributed by atoms with E-state index < -0.39 is 45.9 Å². The molecule has 0 aliphatic carbocycles. The predicted octanol–water partition coefficient (Wildman–Crippen LogP) is -15.1. The van der Waals surface area contributed by atoms with E-state index in [2.05, 4.69) is 0 Å². The van der Waals surface area contributed by atoms with Gasteiger partial charge in [-0.05, 0) is 0 Å². The normalized spacial score (nSPS) is 5.00. The van der Waals surface area contributed by atoms with Crippen molar-refractivity contribution in [2.75, 3.05) is 0 Å². The Morgan fingerprint density at radius 3 is 0.333 bits per heavy atom. The van der Waals surface area contributed by atoms with E-state index in [1.165, 1.54) is 0 Å². The van der Waals surface area contributed by atoms with Crippen LogP contribution in [0.25, 0.3) is 0 Å². The summed E-state index contributed by atoms with van der Waals surface area (Å²) in [6.07, 6.45) is 0. The summed E-state index contributed by atoms with van der Waals surface area (Å²) in [5.41, 5.74) is 0. The van der Waals surface area contributed by atoms with Crippen LogP contribution in [0.4, 0.5) is 0 Å². The van der Waals surface area contributed by atoms with Crippen LogP contribution in [-0.4, -0.2) is 144 Å². The molecule has 0 fully saturated rings. The summed E-state index contributed by atoms with van der Waals surface area (Å²) in [5, 5.41) is 0. The fraction of sp³-hybridized carbons (Fsp3) is 0. The smallest absolute Gasteiger partial charge is 0.672 e. The van der Waals surface area contributed by atoms with E-state index in [0.29, 0.717) is 0 Å². The fourth-order valence-electron chi connectivity index (χ4n) is 0. The van der Waals surface area contributed by atoms with E-state index in [1.807, 2.05) is 0 Å². The van der Waals surface area contributed by atoms with E-state index in [1.54, 1.807) is 0 Å². The molecule has 0 aliphatic rings. The van der Waals surface area contributed by atoms with Crippen molar-refractivity contribution >= 4 is 144 Å². The van der Waals surface area contributed by atoms with Gasteiger partial charge in [-0.1, -0.05) is 0 Å². The largest absolute Gasteiger partial charge is 3.00 e. The minimum absolute atomic E-state index is 0. The van der Waals surface area contributed by atoms with Crippen LogP contribution in [0.5, 0.6) is 0 Å². The predicted molar refractivity (Wildman–Crippen MR) is 43.7 cm³/mol. The molecule has 0 rings (SSSR count). The second-order valence-corrected chi connectivity index (χ2v) is 3.75. The van der Waals surface area contributed by atoms with Gasteiger partial charge in [0, 0.05) is 45.9 Å². The fourth-order valence-corrected chi connectivity index (χ4v) is 0. The van der Waals surface area contributed by atoms with Gasteiger partial charge in [-0.3, -0.25) is 0 Å². The molecule has 0 aromatic carbocycles. The van der Waals surface area contributed by atoms with Crippen molar-refractivity contribution in [1.82, 2.24) is 0 Å². The third kappa shape index (κ3) is 1190. The Kier molecular flexibility index (Phi) is 119. The van der Waals surface area contributed by atoms with Crippen LogP contribution >= 0.6 is 0 Å². The molecular weight excluding hydrogens is 933 g/mol. The second-order valence-electron chi connectivity index (χ2n) is 1.25. The Labute approximate surface area is 278 Å². The molecule has 0 bridgehead atoms. The SMILES string of the molecule is O=[Si]([O-])[O-].O=[Si]([O-])[O-].O=[Si]([O-])[O-].O=[Si]([O-])[O-].O=[Si]([O-])[O-].[Ba+2].[Ba+2].[La+3].[La+3]. The van der Waals surface area contributed by atoms with Crippen LogP contribution in [0.15, 0.2) is 0 Å². The van der Waals surface area contributed by atoms with Gasteiger partial charge in [0.25, 0.3) is 0 Å². The van der Waals surface area contributed by atoms with Crippen molar-refractivity contribution in [1.29, 1.82) is 0 Å². The summed E-state index contributed by atoms with van der Waals surface area (Å²) < 4.78 is 42.6. The zero-order chi connectivity index (χ0) is 17.9. The third-order valence-electron chi connectivity index (χ3n) is 0. The zero-order valence-electron chi connectivity index (χ0n) is 11.2. The molecule has 0 amide bonds. The van der Waals surface area contributed by atoms with Crippen molar-refractivity contribution in [2.24, 2.45) is 0 Å². The van der Waals surface area contributed by atoms with E-state index in [-0.39, 0.29) is 169 Å². The van der Waals surface area contributed by atoms with Crippen molar-refractivity contribution < 1.29 is 141 Å². The van der Waals surface area contributed by atoms with Crippen molar-refractivity contribution in [3.63, 3.8) is 0 Å². The average Bonchev–Trinajstić information content (AvgIpc) is 1.94. The van der Waals surface area contributed by atoms with Gasteiger partial charge in [0.05, 0.1) is 0 Å². The Morgan fingerprint density at radius 2 is 0.333 bits per heavy atom. The molecule has 120 valence electrons. The van der Waals surface area contributed by atoms with Gasteiger partial charge in [-0.2, -0.15) is 0 Å². The van der Waals surface area contributed by atoms with E-state index >= 15 is 0 Å². The van der Waals surface area contributed by atoms with Crippen LogP contribution < -0.4 is 48.0 Å². The number of rotatable bonds is 0. The summed E-state index contributed by atoms with van der Waals surface area (Å²) in [6, 6.07) is 0. The summed E-state index contributed by atoms with van der Waals surface area (Å²) >= 11 is 0. The van der Waals surface area contributed by atoms with Crippen molar-refractivity contribution in [3.05, 3.63) is 0 Å². The quantitative estimate of drug-likeness (QED) is 0.204. The summed E-state index contributed by atoms with van der Waals surface area (Å²) in [6.45, 7) is 0. The standard InChI is InChI=1S/2Ba.2La.5O3Si/c;;;;5*1-4(2)3/q2*+2;2*+3;5*-2. The van der Waals surface area contributed by atoms with E-state index in [4.69, 9.17) is 70.3 Å². The molecule has 0 heterocycles. The van der Waals surface area contributed by atoms with Crippen molar-refractivity contribution in [3.8, 4) is 0 Å². The first-order valence-corrected chi connectivity index (χ1v) is 9.19. The van der Waals surface area contributed by atoms with E-state index in [0.717, 1.165) is 0 Å². The molecular formula is Ba2La2O15Si5. The molecule has 0 saturated carbocycles. The second kappa shape index (κ2) is 50.4. The molecule has 0 aromatic rings. The van der Waals surface area contributed by atoms with Gasteiger partial charge in [0.2, 0.25) is 0 Å². The summed E-state index contributed by atoms with van der Waals surface area (Å²) in [4.78, 5) is 85.2. The molecule has 0 N–H and O–H groups in total. The Morgan fingerprint density at radius 1 is 0.333 bits per heavy atom. The Balaban J connectivity index is -0.0000000161. The molecule has 24 heteroatoms. The van der Waals surface area contributed by atoms with Gasteiger partial charge >= 0.3 is 169 Å². The van der Waals surface area contributed by atoms with Crippen LogP contribution in [0.2, 0.25) is 0 Å². The summed E-state index contributed by atoms with van der Waals surface area (Å²) in [7, 11) is -18.1. The van der Waals surface area contributed by atoms with Crippen LogP contribution in [0, 0.1) is 71.2 Å². The monoisotopic (exact) mass is 933 g/mol. The minimum Gasteiger partial charge on any atom is -0.672 e. The third-order valence-corrected chi connectivity index (χ3v) is 0. The Hall–Kier alpha value is 3.62. The minimum atomic E-state index is -3.63. The average molecular weight is 933 g/mol. The molecule has 24 heavy (non-hydrogen) atoms. The zero-order valence-corrected chi connectivity index (χ0v) is 32.3. The van der Waals surface area contributed by atoms with Crippen molar-refractivity contribution in [2.45, 2.75) is 0 Å². The first-order valence-electron chi connectivity index (χ1n) is 3.06. The maximum absolute atomic E-state index is 8.52. The van der Waals surface area contributed by atoms with Gasteiger partial charge in [0.1, 0.15) is 0 Å². The van der Waals surface area contributed by atoms with Gasteiger partial charge in [-0.25, -0.2) is 0 Å². The van der Waals surface area contributed by atoms with Gasteiger partial charge in [0.15, 0.2) is 0 Å².